The van der Waals surface area contributed by atoms with E-state index in [2.05, 4.69) is 5.32 Å². The number of carboxylic acid groups (broad SMARTS) is 1. The maximum absolute atomic E-state index is 12.0. The number of rotatable bonds is 7. The number of carbonyl (C=O) groups is 3. The summed E-state index contributed by atoms with van der Waals surface area (Å²) in [6.07, 6.45) is 2.20. The lowest BCUT2D eigenvalue weighted by Crippen LogP contribution is -2.54. The molecule has 1 rings (SSSR count). The van der Waals surface area contributed by atoms with Crippen LogP contribution in [0.3, 0.4) is 0 Å². The van der Waals surface area contributed by atoms with Crippen LogP contribution in [0.15, 0.2) is 0 Å². The van der Waals surface area contributed by atoms with Crippen molar-refractivity contribution in [3.63, 3.8) is 0 Å². The second-order valence-corrected chi connectivity index (χ2v) is 4.71. The first-order valence-electron chi connectivity index (χ1n) is 5.93. The summed E-state index contributed by atoms with van der Waals surface area (Å²) in [6, 6.07) is -1.09. The number of carbonyl (C=O) groups excluding carboxylic acids is 2. The first-order chi connectivity index (χ1) is 8.41. The van der Waals surface area contributed by atoms with E-state index >= 15 is 0 Å². The molecule has 0 unspecified atom stereocenters. The zero-order chi connectivity index (χ0) is 13.8. The van der Waals surface area contributed by atoms with Crippen LogP contribution in [0.4, 0.5) is 0 Å². The number of nitrogens with one attached hydrogen (secondary N) is 1. The molecule has 0 heterocycles. The number of primary amides is 1. The fraction of sp³-hybridized carbons (Fsp3) is 0.727. The molecule has 102 valence electrons. The number of aliphatic carboxylic acids is 1. The first-order valence-corrected chi connectivity index (χ1v) is 5.93. The lowest BCUT2D eigenvalue weighted by atomic mass is 9.68. The molecule has 18 heavy (non-hydrogen) atoms. The summed E-state index contributed by atoms with van der Waals surface area (Å²) in [7, 11) is 0. The van der Waals surface area contributed by atoms with Gasteiger partial charge in [-0.15, -0.1) is 0 Å². The third kappa shape index (κ3) is 3.19. The maximum Gasteiger partial charge on any atom is 0.326 e. The van der Waals surface area contributed by atoms with Crippen molar-refractivity contribution in [2.24, 2.45) is 16.9 Å². The highest BCUT2D eigenvalue weighted by molar-refractivity contribution is 5.88. The largest absolute Gasteiger partial charge is 0.480 e. The first kappa shape index (κ1) is 14.4. The molecule has 1 saturated carbocycles. The van der Waals surface area contributed by atoms with Gasteiger partial charge in [0.2, 0.25) is 11.8 Å². The second-order valence-electron chi connectivity index (χ2n) is 4.71. The molecule has 0 radical (unpaired) electrons. The van der Waals surface area contributed by atoms with Gasteiger partial charge in [0.25, 0.3) is 0 Å². The van der Waals surface area contributed by atoms with Gasteiger partial charge in [-0.05, 0) is 19.3 Å². The van der Waals surface area contributed by atoms with Crippen molar-refractivity contribution in [3.05, 3.63) is 0 Å². The highest BCUT2D eigenvalue weighted by Gasteiger charge is 2.43. The minimum absolute atomic E-state index is 0.00292. The summed E-state index contributed by atoms with van der Waals surface area (Å²) < 4.78 is 0. The molecule has 0 spiro atoms. The molecule has 1 aliphatic rings. The third-order valence-electron chi connectivity index (χ3n) is 3.47. The second kappa shape index (κ2) is 5.81. The van der Waals surface area contributed by atoms with Crippen LogP contribution in [0, 0.1) is 5.41 Å². The Kier molecular flexibility index (Phi) is 4.66. The van der Waals surface area contributed by atoms with Gasteiger partial charge >= 0.3 is 5.97 Å². The standard InChI is InChI=1S/C11H19N3O4/c12-6-11(4-1-5-11)10(18)14-7(9(16)17)2-3-8(13)15/h7H,1-6,12H2,(H2,13,15)(H,14,18)(H,16,17)/t7-/m1/s1. The molecule has 1 fully saturated rings. The van der Waals surface area contributed by atoms with Crippen molar-refractivity contribution in [3.8, 4) is 0 Å². The number of hydrogen-bond acceptors (Lipinski definition) is 4. The molecule has 1 aliphatic carbocycles. The maximum atomic E-state index is 12.0. The Morgan fingerprint density at radius 1 is 1.33 bits per heavy atom. The minimum Gasteiger partial charge on any atom is -0.480 e. The van der Waals surface area contributed by atoms with Crippen LogP contribution in [0.5, 0.6) is 0 Å². The molecule has 1 atom stereocenters. The fourth-order valence-corrected chi connectivity index (χ4v) is 1.98. The molecule has 0 bridgehead atoms. The van der Waals surface area contributed by atoms with E-state index in [9.17, 15) is 14.4 Å². The average Bonchev–Trinajstić information content (AvgIpc) is 2.22. The fourth-order valence-electron chi connectivity index (χ4n) is 1.98. The van der Waals surface area contributed by atoms with E-state index in [1.165, 1.54) is 0 Å². The Morgan fingerprint density at radius 3 is 2.28 bits per heavy atom. The van der Waals surface area contributed by atoms with E-state index < -0.39 is 23.3 Å². The van der Waals surface area contributed by atoms with Crippen molar-refractivity contribution in [1.82, 2.24) is 5.32 Å². The summed E-state index contributed by atoms with van der Waals surface area (Å²) >= 11 is 0. The average molecular weight is 257 g/mol. The zero-order valence-electron chi connectivity index (χ0n) is 10.1. The highest BCUT2D eigenvalue weighted by atomic mass is 16.4. The number of amides is 2. The normalized spacial score (nSPS) is 18.5. The van der Waals surface area contributed by atoms with Crippen LogP contribution in [-0.2, 0) is 14.4 Å². The SMILES string of the molecule is NCC1(C(=O)N[C@H](CCC(N)=O)C(=O)O)CCC1. The summed E-state index contributed by atoms with van der Waals surface area (Å²) in [5.74, 6) is -2.10. The Hall–Kier alpha value is -1.63. The van der Waals surface area contributed by atoms with E-state index in [1.807, 2.05) is 0 Å². The van der Waals surface area contributed by atoms with E-state index in [0.29, 0.717) is 12.8 Å². The molecule has 0 aliphatic heterocycles. The monoisotopic (exact) mass is 257 g/mol. The van der Waals surface area contributed by atoms with E-state index in [1.54, 1.807) is 0 Å². The third-order valence-corrected chi connectivity index (χ3v) is 3.47. The van der Waals surface area contributed by atoms with Crippen LogP contribution in [-0.4, -0.2) is 35.5 Å². The summed E-state index contributed by atoms with van der Waals surface area (Å²) in [6.45, 7) is 0.209. The van der Waals surface area contributed by atoms with Crippen molar-refractivity contribution < 1.29 is 19.5 Å². The summed E-state index contributed by atoms with van der Waals surface area (Å²) in [4.78, 5) is 33.6. The quantitative estimate of drug-likeness (QED) is 0.461. The molecule has 7 nitrogen and oxygen atoms in total. The molecule has 0 aromatic heterocycles. The summed E-state index contributed by atoms with van der Waals surface area (Å²) in [5, 5.41) is 11.4. The number of nitrogens with two attached hydrogens (primary N) is 2. The van der Waals surface area contributed by atoms with Gasteiger partial charge in [-0.3, -0.25) is 9.59 Å². The van der Waals surface area contributed by atoms with Crippen molar-refractivity contribution >= 4 is 17.8 Å². The Morgan fingerprint density at radius 2 is 1.94 bits per heavy atom. The number of hydrogen-bond donors (Lipinski definition) is 4. The van der Waals surface area contributed by atoms with Crippen LogP contribution >= 0.6 is 0 Å². The van der Waals surface area contributed by atoms with Gasteiger partial charge in [0.1, 0.15) is 6.04 Å². The van der Waals surface area contributed by atoms with Gasteiger partial charge in [-0.25, -0.2) is 4.79 Å². The van der Waals surface area contributed by atoms with Gasteiger partial charge in [0.15, 0.2) is 0 Å². The number of carboxylic acids is 1. The Labute approximate surface area is 105 Å². The molecular formula is C11H19N3O4. The van der Waals surface area contributed by atoms with Gasteiger partial charge < -0.3 is 21.9 Å². The molecule has 0 saturated heterocycles. The lowest BCUT2D eigenvalue weighted by molar-refractivity contribution is -0.145. The van der Waals surface area contributed by atoms with Crippen molar-refractivity contribution in [2.45, 2.75) is 38.1 Å². The van der Waals surface area contributed by atoms with Crippen molar-refractivity contribution in [1.29, 1.82) is 0 Å². The van der Waals surface area contributed by atoms with E-state index in [4.69, 9.17) is 16.6 Å². The van der Waals surface area contributed by atoms with Crippen molar-refractivity contribution in [2.75, 3.05) is 6.54 Å². The minimum atomic E-state index is -1.17. The van der Waals surface area contributed by atoms with Gasteiger partial charge in [0.05, 0.1) is 5.41 Å². The van der Waals surface area contributed by atoms with E-state index in [0.717, 1.165) is 6.42 Å². The predicted molar refractivity (Wildman–Crippen MR) is 63.3 cm³/mol. The smallest absolute Gasteiger partial charge is 0.326 e. The summed E-state index contributed by atoms with van der Waals surface area (Å²) in [5.41, 5.74) is 9.89. The van der Waals surface area contributed by atoms with Gasteiger partial charge in [-0.1, -0.05) is 6.42 Å². The van der Waals surface area contributed by atoms with Gasteiger partial charge in [0, 0.05) is 13.0 Å². The van der Waals surface area contributed by atoms with Crippen LogP contribution in [0.25, 0.3) is 0 Å². The Balaban J connectivity index is 2.57. The Bertz CT molecular complexity index is 347. The van der Waals surface area contributed by atoms with Crippen LogP contribution in [0.2, 0.25) is 0 Å². The van der Waals surface area contributed by atoms with E-state index in [-0.39, 0.29) is 25.3 Å². The predicted octanol–water partition coefficient (Wildman–Crippen LogP) is -1.05. The molecule has 2 amide bonds. The van der Waals surface area contributed by atoms with Crippen LogP contribution < -0.4 is 16.8 Å². The highest BCUT2D eigenvalue weighted by Crippen LogP contribution is 2.40. The molecule has 0 aromatic rings. The van der Waals surface area contributed by atoms with Gasteiger partial charge in [-0.2, -0.15) is 0 Å². The van der Waals surface area contributed by atoms with Crippen LogP contribution in [0.1, 0.15) is 32.1 Å². The molecule has 7 heteroatoms. The zero-order valence-corrected chi connectivity index (χ0v) is 10.1. The molecule has 0 aromatic carbocycles. The molecular weight excluding hydrogens is 238 g/mol. The topological polar surface area (TPSA) is 136 Å². The molecule has 6 N–H and O–H groups in total. The lowest BCUT2D eigenvalue weighted by Gasteiger charge is -2.39.